The van der Waals surface area contributed by atoms with Crippen molar-refractivity contribution < 1.29 is 24.1 Å². The Balaban J connectivity index is 0. The molecule has 0 rings (SSSR count). The first-order chi connectivity index (χ1) is 7.58. The molecule has 1 atom stereocenters. The number of carbonyl (C=O) groups is 1. The second-order valence-electron chi connectivity index (χ2n) is 3.10. The van der Waals surface area contributed by atoms with Gasteiger partial charge in [-0.05, 0) is 13.8 Å². The third kappa shape index (κ3) is 19.0. The fourth-order valence-corrected chi connectivity index (χ4v) is 0.695. The van der Waals surface area contributed by atoms with Crippen LogP contribution < -0.4 is 0 Å². The fraction of sp³-hybridized carbons (Fsp3) is 0.909. The highest BCUT2D eigenvalue weighted by Crippen LogP contribution is 1.94. The van der Waals surface area contributed by atoms with E-state index in [1.807, 2.05) is 13.8 Å². The molecular formula is C11H24O5. The van der Waals surface area contributed by atoms with Crippen molar-refractivity contribution in [3.63, 3.8) is 0 Å². The van der Waals surface area contributed by atoms with Crippen LogP contribution in [-0.2, 0) is 19.0 Å². The Kier molecular flexibility index (Phi) is 15.9. The molecule has 0 bridgehead atoms. The molecule has 16 heavy (non-hydrogen) atoms. The van der Waals surface area contributed by atoms with Crippen LogP contribution in [0.4, 0.5) is 0 Å². The van der Waals surface area contributed by atoms with Gasteiger partial charge in [-0.2, -0.15) is 0 Å². The fourth-order valence-electron chi connectivity index (χ4n) is 0.695. The number of esters is 1. The van der Waals surface area contributed by atoms with Gasteiger partial charge in [0, 0.05) is 27.1 Å². The summed E-state index contributed by atoms with van der Waals surface area (Å²) in [6.45, 7) is 6.98. The lowest BCUT2D eigenvalue weighted by Gasteiger charge is -2.07. The minimum atomic E-state index is -0.233. The zero-order chi connectivity index (χ0) is 12.8. The van der Waals surface area contributed by atoms with Gasteiger partial charge in [-0.1, -0.05) is 0 Å². The normalized spacial score (nSPS) is 11.3. The monoisotopic (exact) mass is 236 g/mol. The highest BCUT2D eigenvalue weighted by atomic mass is 16.5. The lowest BCUT2D eigenvalue weighted by molar-refractivity contribution is -0.141. The van der Waals surface area contributed by atoms with Gasteiger partial charge in [-0.25, -0.2) is 0 Å². The summed E-state index contributed by atoms with van der Waals surface area (Å²) in [5, 5.41) is 8.07. The molecule has 0 saturated heterocycles. The maximum absolute atomic E-state index is 10.3. The number of carbonyl (C=O) groups excluding carboxylic acids is 1. The van der Waals surface area contributed by atoms with E-state index in [2.05, 4.69) is 0 Å². The van der Waals surface area contributed by atoms with Crippen LogP contribution in [0.2, 0.25) is 0 Å². The van der Waals surface area contributed by atoms with Crippen molar-refractivity contribution in [2.24, 2.45) is 0 Å². The average Bonchev–Trinajstić information content (AvgIpc) is 2.26. The molecule has 0 aliphatic heterocycles. The molecule has 0 aromatic rings. The summed E-state index contributed by atoms with van der Waals surface area (Å²) < 4.78 is 14.4. The molecule has 0 aromatic heterocycles. The van der Waals surface area contributed by atoms with Gasteiger partial charge in [-0.3, -0.25) is 4.79 Å². The van der Waals surface area contributed by atoms with Crippen molar-refractivity contribution in [2.45, 2.75) is 33.3 Å². The first-order valence-electron chi connectivity index (χ1n) is 5.43. The van der Waals surface area contributed by atoms with Crippen LogP contribution in [0.3, 0.4) is 0 Å². The molecule has 0 aromatic carbocycles. The van der Waals surface area contributed by atoms with Crippen LogP contribution in [0.1, 0.15) is 27.2 Å². The smallest absolute Gasteiger partial charge is 0.302 e. The van der Waals surface area contributed by atoms with Crippen molar-refractivity contribution >= 4 is 5.97 Å². The Hall–Kier alpha value is -0.650. The van der Waals surface area contributed by atoms with Gasteiger partial charge < -0.3 is 19.3 Å². The van der Waals surface area contributed by atoms with Crippen molar-refractivity contribution in [1.29, 1.82) is 0 Å². The zero-order valence-electron chi connectivity index (χ0n) is 10.7. The highest BCUT2D eigenvalue weighted by molar-refractivity contribution is 5.65. The van der Waals surface area contributed by atoms with Crippen LogP contribution in [0.5, 0.6) is 0 Å². The second-order valence-corrected chi connectivity index (χ2v) is 3.10. The minimum absolute atomic E-state index is 0.133. The summed E-state index contributed by atoms with van der Waals surface area (Å²) in [5.41, 5.74) is 0. The van der Waals surface area contributed by atoms with Gasteiger partial charge in [0.15, 0.2) is 0 Å². The topological polar surface area (TPSA) is 65.0 Å². The van der Waals surface area contributed by atoms with E-state index < -0.39 is 0 Å². The number of hydrogen-bond donors (Lipinski definition) is 1. The van der Waals surface area contributed by atoms with Crippen molar-refractivity contribution in [3.05, 3.63) is 0 Å². The molecule has 0 fully saturated rings. The van der Waals surface area contributed by atoms with E-state index in [-0.39, 0.29) is 18.7 Å². The lowest BCUT2D eigenvalue weighted by atomic mass is 10.3. The van der Waals surface area contributed by atoms with Gasteiger partial charge in [0.05, 0.1) is 25.9 Å². The Morgan fingerprint density at radius 1 is 1.38 bits per heavy atom. The minimum Gasteiger partial charge on any atom is -0.466 e. The van der Waals surface area contributed by atoms with Gasteiger partial charge in [0.1, 0.15) is 0 Å². The number of rotatable bonds is 7. The number of aliphatic hydroxyl groups is 1. The first kappa shape index (κ1) is 17.7. The number of ether oxygens (including phenoxy) is 3. The van der Waals surface area contributed by atoms with E-state index in [1.54, 1.807) is 7.11 Å². The Morgan fingerprint density at radius 3 is 2.31 bits per heavy atom. The van der Waals surface area contributed by atoms with E-state index in [9.17, 15) is 4.79 Å². The summed E-state index contributed by atoms with van der Waals surface area (Å²) in [5.74, 6) is -0.233. The third-order valence-electron chi connectivity index (χ3n) is 1.67. The maximum Gasteiger partial charge on any atom is 0.302 e. The molecule has 0 aliphatic rings. The molecule has 0 heterocycles. The van der Waals surface area contributed by atoms with E-state index >= 15 is 0 Å². The lowest BCUT2D eigenvalue weighted by Crippen LogP contribution is -2.10. The molecule has 98 valence electrons. The van der Waals surface area contributed by atoms with Gasteiger partial charge in [-0.15, -0.1) is 0 Å². The van der Waals surface area contributed by atoms with Crippen LogP contribution >= 0.6 is 0 Å². The molecular weight excluding hydrogens is 212 g/mol. The van der Waals surface area contributed by atoms with Crippen LogP contribution in [0.15, 0.2) is 0 Å². The molecule has 1 unspecified atom stereocenters. The summed E-state index contributed by atoms with van der Waals surface area (Å²) in [4.78, 5) is 10.3. The van der Waals surface area contributed by atoms with Crippen LogP contribution in [0, 0.1) is 0 Å². The summed E-state index contributed by atoms with van der Waals surface area (Å²) in [6.07, 6.45) is 0.926. The van der Waals surface area contributed by atoms with Gasteiger partial charge in [0.25, 0.3) is 0 Å². The van der Waals surface area contributed by atoms with Gasteiger partial charge in [0.2, 0.25) is 0 Å². The largest absolute Gasteiger partial charge is 0.466 e. The standard InChI is InChI=1S/C7H14O3.C4H10O2/c1-6(9-3)4-5-10-7(2)8;1-2-6-4-3-5/h6H,4-5H2,1-3H3;5H,2-4H2,1H3. The molecule has 0 spiro atoms. The second kappa shape index (κ2) is 14.3. The Morgan fingerprint density at radius 2 is 2.00 bits per heavy atom. The number of hydrogen-bond acceptors (Lipinski definition) is 5. The summed E-state index contributed by atoms with van der Waals surface area (Å²) >= 11 is 0. The molecule has 0 amide bonds. The van der Waals surface area contributed by atoms with Crippen LogP contribution in [-0.4, -0.2) is 50.7 Å². The van der Waals surface area contributed by atoms with E-state index in [4.69, 9.17) is 19.3 Å². The van der Waals surface area contributed by atoms with E-state index in [1.165, 1.54) is 6.92 Å². The Labute approximate surface area is 97.7 Å². The van der Waals surface area contributed by atoms with Crippen LogP contribution in [0.25, 0.3) is 0 Å². The molecule has 0 saturated carbocycles. The molecule has 0 aliphatic carbocycles. The number of methoxy groups -OCH3 is 1. The van der Waals surface area contributed by atoms with Crippen molar-refractivity contribution in [3.8, 4) is 0 Å². The third-order valence-corrected chi connectivity index (χ3v) is 1.67. The first-order valence-corrected chi connectivity index (χ1v) is 5.43. The van der Waals surface area contributed by atoms with Crippen molar-refractivity contribution in [2.75, 3.05) is 33.5 Å². The highest BCUT2D eigenvalue weighted by Gasteiger charge is 1.99. The zero-order valence-corrected chi connectivity index (χ0v) is 10.7. The Bertz CT molecular complexity index is 145. The molecule has 5 nitrogen and oxygen atoms in total. The van der Waals surface area contributed by atoms with E-state index in [0.717, 1.165) is 6.42 Å². The summed E-state index contributed by atoms with van der Waals surface area (Å²) in [7, 11) is 1.64. The van der Waals surface area contributed by atoms with Crippen molar-refractivity contribution in [1.82, 2.24) is 0 Å². The summed E-state index contributed by atoms with van der Waals surface area (Å²) in [6, 6.07) is 0. The number of aliphatic hydroxyl groups excluding tert-OH is 1. The predicted octanol–water partition coefficient (Wildman–Crippen LogP) is 0.990. The molecule has 5 heteroatoms. The molecule has 0 radical (unpaired) electrons. The quantitative estimate of drug-likeness (QED) is 0.527. The van der Waals surface area contributed by atoms with Gasteiger partial charge >= 0.3 is 5.97 Å². The average molecular weight is 236 g/mol. The molecule has 1 N–H and O–H groups in total. The SMILES string of the molecule is CCOCCO.COC(C)CCOC(C)=O. The van der Waals surface area contributed by atoms with E-state index in [0.29, 0.717) is 19.8 Å². The predicted molar refractivity (Wildman–Crippen MR) is 61.3 cm³/mol. The maximum atomic E-state index is 10.3.